The molecule has 1 rings (SSSR count). The number of hydrogen-bond acceptors (Lipinski definition) is 3. The molecule has 0 spiro atoms. The fraction of sp³-hybridized carbons (Fsp3) is 0.444. The average molecular weight is 215 g/mol. The monoisotopic (exact) mass is 214 g/mol. The van der Waals surface area contributed by atoms with Crippen LogP contribution in [0, 0.1) is 0 Å². The average Bonchev–Trinajstić information content (AvgIpc) is 2.15. The predicted octanol–water partition coefficient (Wildman–Crippen LogP) is 2.10. The Hall–Kier alpha value is -1.16. The summed E-state index contributed by atoms with van der Waals surface area (Å²) >= 11 is 5.81. The van der Waals surface area contributed by atoms with Crippen molar-refractivity contribution in [3.63, 3.8) is 0 Å². The number of rotatable bonds is 4. The summed E-state index contributed by atoms with van der Waals surface area (Å²) in [5.41, 5.74) is 0.399. The maximum absolute atomic E-state index is 10.9. The topological polar surface area (TPSA) is 63.1 Å². The van der Waals surface area contributed by atoms with Crippen LogP contribution in [0.15, 0.2) is 12.5 Å². The Balaban J connectivity index is 2.99. The van der Waals surface area contributed by atoms with E-state index in [4.69, 9.17) is 16.7 Å². The zero-order valence-corrected chi connectivity index (χ0v) is 8.53. The maximum atomic E-state index is 10.9. The zero-order valence-electron chi connectivity index (χ0n) is 7.77. The van der Waals surface area contributed by atoms with Gasteiger partial charge in [0.25, 0.3) is 0 Å². The summed E-state index contributed by atoms with van der Waals surface area (Å²) in [6, 6.07) is 0. The van der Waals surface area contributed by atoms with Crippen molar-refractivity contribution in [3.8, 4) is 0 Å². The highest BCUT2D eigenvalue weighted by atomic mass is 35.5. The number of carbonyl (C=O) groups is 1. The lowest BCUT2D eigenvalue weighted by Crippen LogP contribution is -2.13. The summed E-state index contributed by atoms with van der Waals surface area (Å²) in [6.45, 7) is 1.92. The SMILES string of the molecule is CCCC(C(=O)O)c1ncncc1Cl. The number of aliphatic carboxylic acids is 1. The molecule has 5 heteroatoms. The van der Waals surface area contributed by atoms with Crippen molar-refractivity contribution < 1.29 is 9.90 Å². The first kappa shape index (κ1) is 10.9. The van der Waals surface area contributed by atoms with E-state index in [9.17, 15) is 4.79 Å². The van der Waals surface area contributed by atoms with Crippen LogP contribution < -0.4 is 0 Å². The van der Waals surface area contributed by atoms with E-state index in [1.54, 1.807) is 0 Å². The van der Waals surface area contributed by atoms with Crippen LogP contribution in [0.4, 0.5) is 0 Å². The number of nitrogens with zero attached hydrogens (tertiary/aromatic N) is 2. The van der Waals surface area contributed by atoms with Crippen molar-refractivity contribution in [2.45, 2.75) is 25.7 Å². The van der Waals surface area contributed by atoms with Crippen molar-refractivity contribution in [1.29, 1.82) is 0 Å². The van der Waals surface area contributed by atoms with Gasteiger partial charge in [-0.3, -0.25) is 4.79 Å². The molecule has 14 heavy (non-hydrogen) atoms. The number of carboxylic acid groups (broad SMARTS) is 1. The van der Waals surface area contributed by atoms with Crippen LogP contribution in [0.3, 0.4) is 0 Å². The molecule has 0 saturated carbocycles. The van der Waals surface area contributed by atoms with Crippen molar-refractivity contribution in [1.82, 2.24) is 9.97 Å². The second-order valence-corrected chi connectivity index (χ2v) is 3.34. The summed E-state index contributed by atoms with van der Waals surface area (Å²) in [4.78, 5) is 18.5. The van der Waals surface area contributed by atoms with Gasteiger partial charge in [0.1, 0.15) is 12.2 Å². The molecule has 0 bridgehead atoms. The van der Waals surface area contributed by atoms with Gasteiger partial charge < -0.3 is 5.11 Å². The standard InChI is InChI=1S/C9H11ClN2O2/c1-2-3-6(9(13)14)8-7(10)4-11-5-12-8/h4-6H,2-3H2,1H3,(H,13,14). The second-order valence-electron chi connectivity index (χ2n) is 2.94. The van der Waals surface area contributed by atoms with E-state index in [0.717, 1.165) is 6.42 Å². The molecule has 1 heterocycles. The molecule has 0 radical (unpaired) electrons. The molecule has 0 fully saturated rings. The van der Waals surface area contributed by atoms with E-state index < -0.39 is 11.9 Å². The van der Waals surface area contributed by atoms with Gasteiger partial charge in [0, 0.05) is 6.20 Å². The van der Waals surface area contributed by atoms with Gasteiger partial charge in [-0.25, -0.2) is 9.97 Å². The molecule has 4 nitrogen and oxygen atoms in total. The van der Waals surface area contributed by atoms with Gasteiger partial charge in [0.15, 0.2) is 0 Å². The highest BCUT2D eigenvalue weighted by molar-refractivity contribution is 6.31. The van der Waals surface area contributed by atoms with Crippen LogP contribution in [0.1, 0.15) is 31.4 Å². The highest BCUT2D eigenvalue weighted by Gasteiger charge is 2.22. The van der Waals surface area contributed by atoms with Crippen molar-refractivity contribution in [2.75, 3.05) is 0 Å². The predicted molar refractivity (Wildman–Crippen MR) is 52.3 cm³/mol. The molecule has 1 aromatic rings. The van der Waals surface area contributed by atoms with Crippen LogP contribution >= 0.6 is 11.6 Å². The van der Waals surface area contributed by atoms with Crippen molar-refractivity contribution >= 4 is 17.6 Å². The Labute approximate surface area is 87.0 Å². The van der Waals surface area contributed by atoms with Crippen molar-refractivity contribution in [2.24, 2.45) is 0 Å². The number of aromatic nitrogens is 2. The molecule has 0 aliphatic carbocycles. The van der Waals surface area contributed by atoms with Crippen LogP contribution in [-0.4, -0.2) is 21.0 Å². The largest absolute Gasteiger partial charge is 0.481 e. The maximum Gasteiger partial charge on any atom is 0.312 e. The van der Waals surface area contributed by atoms with E-state index in [0.29, 0.717) is 17.1 Å². The van der Waals surface area contributed by atoms with Gasteiger partial charge in [-0.2, -0.15) is 0 Å². The zero-order chi connectivity index (χ0) is 10.6. The van der Waals surface area contributed by atoms with Crippen LogP contribution in [0.2, 0.25) is 5.02 Å². The van der Waals surface area contributed by atoms with Gasteiger partial charge in [-0.1, -0.05) is 24.9 Å². The molecule has 1 N–H and O–H groups in total. The van der Waals surface area contributed by atoms with Crippen LogP contribution in [-0.2, 0) is 4.79 Å². The van der Waals surface area contributed by atoms with Gasteiger partial charge in [0.05, 0.1) is 10.7 Å². The van der Waals surface area contributed by atoms with Gasteiger partial charge >= 0.3 is 5.97 Å². The Kier molecular flexibility index (Phi) is 3.83. The molecule has 0 saturated heterocycles. The van der Waals surface area contributed by atoms with Gasteiger partial charge in [-0.05, 0) is 6.42 Å². The molecular formula is C9H11ClN2O2. The van der Waals surface area contributed by atoms with E-state index in [2.05, 4.69) is 9.97 Å². The second kappa shape index (κ2) is 4.91. The molecule has 1 aromatic heterocycles. The highest BCUT2D eigenvalue weighted by Crippen LogP contribution is 2.25. The minimum Gasteiger partial charge on any atom is -0.481 e. The lowest BCUT2D eigenvalue weighted by molar-refractivity contribution is -0.139. The minimum absolute atomic E-state index is 0.313. The minimum atomic E-state index is -0.896. The molecule has 76 valence electrons. The molecular weight excluding hydrogens is 204 g/mol. The third kappa shape index (κ3) is 2.42. The fourth-order valence-corrected chi connectivity index (χ4v) is 1.48. The normalized spacial score (nSPS) is 12.4. The number of carboxylic acids is 1. The lowest BCUT2D eigenvalue weighted by atomic mass is 10.00. The number of hydrogen-bond donors (Lipinski definition) is 1. The van der Waals surface area contributed by atoms with Gasteiger partial charge in [0.2, 0.25) is 0 Å². The Morgan fingerprint density at radius 1 is 1.71 bits per heavy atom. The van der Waals surface area contributed by atoms with Crippen LogP contribution in [0.25, 0.3) is 0 Å². The summed E-state index contributed by atoms with van der Waals surface area (Å²) < 4.78 is 0. The van der Waals surface area contributed by atoms with E-state index >= 15 is 0 Å². The summed E-state index contributed by atoms with van der Waals surface area (Å²) in [6.07, 6.45) is 4.03. The Morgan fingerprint density at radius 2 is 2.43 bits per heavy atom. The molecule has 0 amide bonds. The third-order valence-corrected chi connectivity index (χ3v) is 2.19. The quantitative estimate of drug-likeness (QED) is 0.834. The number of halogens is 1. The molecule has 0 aliphatic heterocycles. The summed E-state index contributed by atoms with van der Waals surface area (Å²) in [7, 11) is 0. The molecule has 0 aliphatic rings. The van der Waals surface area contributed by atoms with Crippen LogP contribution in [0.5, 0.6) is 0 Å². The molecule has 1 unspecified atom stereocenters. The Morgan fingerprint density at radius 3 is 2.93 bits per heavy atom. The first-order chi connectivity index (χ1) is 6.66. The smallest absolute Gasteiger partial charge is 0.312 e. The summed E-state index contributed by atoms with van der Waals surface area (Å²) in [5.74, 6) is -1.53. The van der Waals surface area contributed by atoms with E-state index in [-0.39, 0.29) is 0 Å². The molecule has 0 aromatic carbocycles. The first-order valence-electron chi connectivity index (χ1n) is 4.35. The Bertz CT molecular complexity index is 330. The van der Waals surface area contributed by atoms with E-state index in [1.807, 2.05) is 6.92 Å². The molecule has 1 atom stereocenters. The van der Waals surface area contributed by atoms with Crippen molar-refractivity contribution in [3.05, 3.63) is 23.2 Å². The van der Waals surface area contributed by atoms with Gasteiger partial charge in [-0.15, -0.1) is 0 Å². The third-order valence-electron chi connectivity index (χ3n) is 1.90. The lowest BCUT2D eigenvalue weighted by Gasteiger charge is -2.10. The van der Waals surface area contributed by atoms with E-state index in [1.165, 1.54) is 12.5 Å². The fourth-order valence-electron chi connectivity index (χ4n) is 1.24. The first-order valence-corrected chi connectivity index (χ1v) is 4.72. The summed E-state index contributed by atoms with van der Waals surface area (Å²) in [5, 5.41) is 9.28.